The molecule has 2 fully saturated rings. The molecule has 0 radical (unpaired) electrons. The number of nitrogens with one attached hydrogen (secondary N) is 1. The summed E-state index contributed by atoms with van der Waals surface area (Å²) in [5.41, 5.74) is 2.57. The van der Waals surface area contributed by atoms with E-state index in [2.05, 4.69) is 10.5 Å². The van der Waals surface area contributed by atoms with Gasteiger partial charge in [-0.1, -0.05) is 0 Å². The number of non-ortho nitro benzene ring substituents is 1. The molecule has 0 aliphatic heterocycles. The van der Waals surface area contributed by atoms with Crippen molar-refractivity contribution in [3.63, 3.8) is 0 Å². The van der Waals surface area contributed by atoms with Gasteiger partial charge in [-0.05, 0) is 44.6 Å². The molecule has 0 saturated heterocycles. The number of rotatable bonds is 4. The Balaban J connectivity index is 1.88. The van der Waals surface area contributed by atoms with Crippen LogP contribution in [-0.2, 0) is 0 Å². The molecule has 9 nitrogen and oxygen atoms in total. The molecule has 1 aromatic rings. The first-order valence-corrected chi connectivity index (χ1v) is 7.88. The maximum Gasteiger partial charge on any atom is 0.301 e. The Morgan fingerprint density at radius 1 is 1.21 bits per heavy atom. The van der Waals surface area contributed by atoms with Gasteiger partial charge in [0.05, 0.1) is 22.0 Å². The molecule has 0 unspecified atom stereocenters. The summed E-state index contributed by atoms with van der Waals surface area (Å²) in [4.78, 5) is 20.6. The van der Waals surface area contributed by atoms with Crippen molar-refractivity contribution in [2.45, 2.75) is 44.6 Å². The molecule has 1 spiro atoms. The van der Waals surface area contributed by atoms with Gasteiger partial charge in [0, 0.05) is 17.2 Å². The highest BCUT2D eigenvalue weighted by molar-refractivity contribution is 5.93. The van der Waals surface area contributed by atoms with Crippen molar-refractivity contribution in [3.05, 3.63) is 38.4 Å². The number of hydrogen-bond donors (Lipinski definition) is 2. The summed E-state index contributed by atoms with van der Waals surface area (Å²) in [7, 11) is 0. The van der Waals surface area contributed by atoms with E-state index in [0.717, 1.165) is 50.3 Å². The summed E-state index contributed by atoms with van der Waals surface area (Å²) in [5, 5.41) is 36.5. The fraction of sp³-hybridized carbons (Fsp3) is 0.533. The van der Waals surface area contributed by atoms with Gasteiger partial charge in [0.2, 0.25) is 0 Å². The van der Waals surface area contributed by atoms with Crippen LogP contribution in [0.15, 0.2) is 23.3 Å². The van der Waals surface area contributed by atoms with Crippen molar-refractivity contribution in [2.75, 3.05) is 5.43 Å². The Kier molecular flexibility index (Phi) is 4.18. The first kappa shape index (κ1) is 16.3. The van der Waals surface area contributed by atoms with Crippen LogP contribution < -0.4 is 5.43 Å². The Labute approximate surface area is 137 Å². The number of hydrogen-bond acceptors (Lipinski definition) is 7. The lowest BCUT2D eigenvalue weighted by atomic mass is 9.81. The fourth-order valence-corrected chi connectivity index (χ4v) is 3.82. The predicted octanol–water partition coefficient (Wildman–Crippen LogP) is 2.99. The average molecular weight is 334 g/mol. The first-order chi connectivity index (χ1) is 11.4. The smallest absolute Gasteiger partial charge is 0.301 e. The van der Waals surface area contributed by atoms with Crippen LogP contribution in [0.5, 0.6) is 0 Å². The molecule has 128 valence electrons. The average Bonchev–Trinajstić information content (AvgIpc) is 3.12. The molecule has 0 heterocycles. The summed E-state index contributed by atoms with van der Waals surface area (Å²) in [6.45, 7) is 0. The third-order valence-electron chi connectivity index (χ3n) is 5.05. The predicted molar refractivity (Wildman–Crippen MR) is 87.0 cm³/mol. The van der Waals surface area contributed by atoms with Gasteiger partial charge >= 0.3 is 5.69 Å². The molecule has 2 atom stereocenters. The first-order valence-electron chi connectivity index (χ1n) is 7.88. The normalized spacial score (nSPS) is 27.7. The molecular weight excluding hydrogens is 316 g/mol. The van der Waals surface area contributed by atoms with Crippen LogP contribution in [0.4, 0.5) is 17.1 Å². The molecule has 2 N–H and O–H groups in total. The lowest BCUT2D eigenvalue weighted by molar-refractivity contribution is -0.393. The van der Waals surface area contributed by atoms with E-state index < -0.39 is 21.6 Å². The zero-order chi connectivity index (χ0) is 17.3. The minimum absolute atomic E-state index is 0.104. The SMILES string of the molecule is O=[N+]([O-])c1ccc(N/N=C2/CCC[C@@]23CCC[C@@H]3O)c([N+](=O)[O-])c1. The van der Waals surface area contributed by atoms with Crippen molar-refractivity contribution in [2.24, 2.45) is 10.5 Å². The highest BCUT2D eigenvalue weighted by atomic mass is 16.6. The maximum atomic E-state index is 11.1. The lowest BCUT2D eigenvalue weighted by Crippen LogP contribution is -2.34. The standard InChI is InChI=1S/C15H18N4O5/c20-14-4-2-8-15(14)7-1-3-13(15)17-16-11-6-5-10(18(21)22)9-12(11)19(23)24/h5-6,9,14,16,20H,1-4,7-8H2/b17-13-/t14-,15+/m0/s1. The van der Waals surface area contributed by atoms with Gasteiger partial charge in [-0.3, -0.25) is 25.7 Å². The summed E-state index contributed by atoms with van der Waals surface area (Å²) in [6, 6.07) is 3.40. The third-order valence-corrected chi connectivity index (χ3v) is 5.05. The quantitative estimate of drug-likeness (QED) is 0.643. The Hall–Kier alpha value is -2.55. The van der Waals surface area contributed by atoms with Crippen LogP contribution in [0.2, 0.25) is 0 Å². The molecule has 2 aliphatic carbocycles. The summed E-state index contributed by atoms with van der Waals surface area (Å²) >= 11 is 0. The van der Waals surface area contributed by atoms with Crippen LogP contribution in [0.3, 0.4) is 0 Å². The Morgan fingerprint density at radius 3 is 2.58 bits per heavy atom. The molecule has 1 aromatic carbocycles. The molecule has 2 saturated carbocycles. The van der Waals surface area contributed by atoms with Crippen molar-refractivity contribution in [1.29, 1.82) is 0 Å². The van der Waals surface area contributed by atoms with Gasteiger partial charge in [-0.2, -0.15) is 5.10 Å². The van der Waals surface area contributed by atoms with Gasteiger partial charge in [-0.15, -0.1) is 0 Å². The number of nitro benzene ring substituents is 2. The van der Waals surface area contributed by atoms with Crippen LogP contribution >= 0.6 is 0 Å². The van der Waals surface area contributed by atoms with Crippen LogP contribution in [0, 0.1) is 25.6 Å². The van der Waals surface area contributed by atoms with Gasteiger partial charge < -0.3 is 5.11 Å². The van der Waals surface area contributed by atoms with E-state index in [1.54, 1.807) is 0 Å². The number of nitro groups is 2. The lowest BCUT2D eigenvalue weighted by Gasteiger charge is -2.28. The number of nitrogens with zero attached hydrogens (tertiary/aromatic N) is 3. The topological polar surface area (TPSA) is 131 Å². The highest BCUT2D eigenvalue weighted by Gasteiger charge is 2.48. The Morgan fingerprint density at radius 2 is 1.96 bits per heavy atom. The molecular formula is C15H18N4O5. The largest absolute Gasteiger partial charge is 0.392 e. The second-order valence-electron chi connectivity index (χ2n) is 6.30. The molecule has 9 heteroatoms. The van der Waals surface area contributed by atoms with Gasteiger partial charge in [0.15, 0.2) is 0 Å². The zero-order valence-electron chi connectivity index (χ0n) is 13.0. The van der Waals surface area contributed by atoms with Crippen molar-refractivity contribution in [3.8, 4) is 0 Å². The van der Waals surface area contributed by atoms with E-state index in [1.165, 1.54) is 12.1 Å². The van der Waals surface area contributed by atoms with Crippen molar-refractivity contribution in [1.82, 2.24) is 0 Å². The highest BCUT2D eigenvalue weighted by Crippen LogP contribution is 2.49. The molecule has 0 amide bonds. The third kappa shape index (κ3) is 2.71. The van der Waals surface area contributed by atoms with Gasteiger partial charge in [0.25, 0.3) is 5.69 Å². The Bertz CT molecular complexity index is 716. The number of benzene rings is 1. The molecule has 3 rings (SSSR count). The minimum atomic E-state index is -0.677. The van der Waals surface area contributed by atoms with E-state index in [4.69, 9.17) is 0 Å². The monoisotopic (exact) mass is 334 g/mol. The second-order valence-corrected chi connectivity index (χ2v) is 6.30. The minimum Gasteiger partial charge on any atom is -0.392 e. The number of aliphatic hydroxyl groups is 1. The van der Waals surface area contributed by atoms with Crippen LogP contribution in [-0.4, -0.2) is 26.8 Å². The summed E-state index contributed by atoms with van der Waals surface area (Å²) < 4.78 is 0. The van der Waals surface area contributed by atoms with E-state index in [-0.39, 0.29) is 16.8 Å². The fourth-order valence-electron chi connectivity index (χ4n) is 3.82. The van der Waals surface area contributed by atoms with Crippen LogP contribution in [0.1, 0.15) is 38.5 Å². The molecule has 0 bridgehead atoms. The summed E-state index contributed by atoms with van der Waals surface area (Å²) in [6.07, 6.45) is 4.68. The second kappa shape index (κ2) is 6.16. The van der Waals surface area contributed by atoms with Gasteiger partial charge in [0.1, 0.15) is 5.69 Å². The van der Waals surface area contributed by atoms with E-state index in [0.29, 0.717) is 0 Å². The van der Waals surface area contributed by atoms with Gasteiger partial charge in [-0.25, -0.2) is 0 Å². The van der Waals surface area contributed by atoms with E-state index >= 15 is 0 Å². The number of anilines is 1. The van der Waals surface area contributed by atoms with Crippen molar-refractivity contribution >= 4 is 22.8 Å². The maximum absolute atomic E-state index is 11.1. The summed E-state index contributed by atoms with van der Waals surface area (Å²) in [5.74, 6) is 0. The van der Waals surface area contributed by atoms with Crippen LogP contribution in [0.25, 0.3) is 0 Å². The zero-order valence-corrected chi connectivity index (χ0v) is 13.0. The van der Waals surface area contributed by atoms with E-state index in [9.17, 15) is 25.3 Å². The van der Waals surface area contributed by atoms with Crippen molar-refractivity contribution < 1.29 is 15.0 Å². The molecule has 2 aliphatic rings. The molecule has 24 heavy (non-hydrogen) atoms. The number of hydrazone groups is 1. The number of aliphatic hydroxyl groups excluding tert-OH is 1. The van der Waals surface area contributed by atoms with E-state index in [1.807, 2.05) is 0 Å². The molecule has 0 aromatic heterocycles.